The van der Waals surface area contributed by atoms with E-state index in [1.807, 2.05) is 6.07 Å². The van der Waals surface area contributed by atoms with Crippen molar-refractivity contribution in [2.24, 2.45) is 0 Å². The highest BCUT2D eigenvalue weighted by atomic mass is 32.2. The van der Waals surface area contributed by atoms with Gasteiger partial charge in [0.2, 0.25) is 0 Å². The van der Waals surface area contributed by atoms with Gasteiger partial charge in [-0.1, -0.05) is 30.3 Å². The number of benzene rings is 1. The SMILES string of the molecule is c1ccc(CCSc2cn[nH]n2)cc1. The molecule has 1 aromatic carbocycles. The molecule has 0 aliphatic rings. The number of nitrogens with zero attached hydrogens (tertiary/aromatic N) is 2. The van der Waals surface area contributed by atoms with Gasteiger partial charge >= 0.3 is 0 Å². The molecule has 1 aromatic heterocycles. The number of aromatic nitrogens is 3. The molecule has 0 saturated carbocycles. The van der Waals surface area contributed by atoms with E-state index >= 15 is 0 Å². The number of hydrogen-bond acceptors (Lipinski definition) is 3. The Balaban J connectivity index is 1.79. The average molecular weight is 205 g/mol. The fourth-order valence-corrected chi connectivity index (χ4v) is 1.96. The van der Waals surface area contributed by atoms with E-state index in [0.29, 0.717) is 0 Å². The van der Waals surface area contributed by atoms with Crippen LogP contribution in [0, 0.1) is 0 Å². The van der Waals surface area contributed by atoms with Crippen LogP contribution in [0.15, 0.2) is 41.6 Å². The first-order valence-electron chi connectivity index (χ1n) is 4.47. The summed E-state index contributed by atoms with van der Waals surface area (Å²) in [5.74, 6) is 1.04. The molecule has 72 valence electrons. The van der Waals surface area contributed by atoms with Crippen LogP contribution < -0.4 is 0 Å². The lowest BCUT2D eigenvalue weighted by Crippen LogP contribution is -1.87. The Labute approximate surface area is 86.9 Å². The van der Waals surface area contributed by atoms with Gasteiger partial charge < -0.3 is 0 Å². The number of aryl methyl sites for hydroxylation is 1. The van der Waals surface area contributed by atoms with E-state index in [9.17, 15) is 0 Å². The second kappa shape index (κ2) is 4.81. The minimum absolute atomic E-state index is 0.959. The van der Waals surface area contributed by atoms with Crippen LogP contribution >= 0.6 is 11.8 Å². The molecular formula is C10H11N3S. The van der Waals surface area contributed by atoms with Crippen LogP contribution in [0.5, 0.6) is 0 Å². The summed E-state index contributed by atoms with van der Waals surface area (Å²) in [5.41, 5.74) is 1.36. The Morgan fingerprint density at radius 3 is 2.79 bits per heavy atom. The number of nitrogens with one attached hydrogen (secondary N) is 1. The molecule has 0 atom stereocenters. The number of rotatable bonds is 4. The van der Waals surface area contributed by atoms with Gasteiger partial charge in [0.1, 0.15) is 5.03 Å². The molecule has 0 spiro atoms. The van der Waals surface area contributed by atoms with Crippen molar-refractivity contribution < 1.29 is 0 Å². The van der Waals surface area contributed by atoms with E-state index in [0.717, 1.165) is 17.2 Å². The summed E-state index contributed by atoms with van der Waals surface area (Å²) in [6.07, 6.45) is 2.81. The Hall–Kier alpha value is -1.29. The maximum Gasteiger partial charge on any atom is 0.138 e. The summed E-state index contributed by atoms with van der Waals surface area (Å²) in [6.45, 7) is 0. The first-order valence-corrected chi connectivity index (χ1v) is 5.46. The summed E-state index contributed by atoms with van der Waals surface area (Å²) in [4.78, 5) is 0. The zero-order chi connectivity index (χ0) is 9.64. The lowest BCUT2D eigenvalue weighted by atomic mass is 10.2. The van der Waals surface area contributed by atoms with Crippen molar-refractivity contribution in [2.45, 2.75) is 11.4 Å². The van der Waals surface area contributed by atoms with Gasteiger partial charge in [0.15, 0.2) is 0 Å². The molecule has 2 rings (SSSR count). The van der Waals surface area contributed by atoms with Gasteiger partial charge in [0.05, 0.1) is 6.20 Å². The average Bonchev–Trinajstić information content (AvgIpc) is 2.72. The van der Waals surface area contributed by atoms with E-state index < -0.39 is 0 Å². The number of hydrogen-bond donors (Lipinski definition) is 1. The normalized spacial score (nSPS) is 10.3. The monoisotopic (exact) mass is 205 g/mol. The highest BCUT2D eigenvalue weighted by molar-refractivity contribution is 7.99. The maximum absolute atomic E-state index is 3.97. The molecular weight excluding hydrogens is 194 g/mol. The van der Waals surface area contributed by atoms with Crippen LogP contribution in [-0.2, 0) is 6.42 Å². The van der Waals surface area contributed by atoms with Crippen molar-refractivity contribution in [1.29, 1.82) is 0 Å². The molecule has 14 heavy (non-hydrogen) atoms. The molecule has 0 saturated heterocycles. The molecule has 0 bridgehead atoms. The van der Waals surface area contributed by atoms with Gasteiger partial charge in [-0.2, -0.15) is 10.3 Å². The molecule has 3 nitrogen and oxygen atoms in total. The molecule has 1 heterocycles. The van der Waals surface area contributed by atoms with Crippen LogP contribution in [0.2, 0.25) is 0 Å². The molecule has 0 aliphatic carbocycles. The van der Waals surface area contributed by atoms with Crippen LogP contribution in [0.1, 0.15) is 5.56 Å². The second-order valence-electron chi connectivity index (χ2n) is 2.89. The number of aromatic amines is 1. The summed E-state index contributed by atoms with van der Waals surface area (Å²) >= 11 is 1.72. The quantitative estimate of drug-likeness (QED) is 0.777. The Bertz CT molecular complexity index is 358. The molecule has 0 radical (unpaired) electrons. The predicted octanol–water partition coefficient (Wildman–Crippen LogP) is 2.14. The summed E-state index contributed by atoms with van der Waals surface area (Å²) < 4.78 is 0. The van der Waals surface area contributed by atoms with Crippen molar-refractivity contribution in [3.63, 3.8) is 0 Å². The largest absolute Gasteiger partial charge is 0.197 e. The van der Waals surface area contributed by atoms with Crippen molar-refractivity contribution in [3.8, 4) is 0 Å². The molecule has 0 unspecified atom stereocenters. The van der Waals surface area contributed by atoms with E-state index in [1.165, 1.54) is 5.56 Å². The lowest BCUT2D eigenvalue weighted by molar-refractivity contribution is 0.910. The molecule has 1 N–H and O–H groups in total. The first-order chi connectivity index (χ1) is 6.95. The summed E-state index contributed by atoms with van der Waals surface area (Å²) in [6, 6.07) is 10.5. The van der Waals surface area contributed by atoms with Gasteiger partial charge in [0.25, 0.3) is 0 Å². The van der Waals surface area contributed by atoms with E-state index in [-0.39, 0.29) is 0 Å². The topological polar surface area (TPSA) is 41.6 Å². The maximum atomic E-state index is 3.97. The molecule has 0 aliphatic heterocycles. The van der Waals surface area contributed by atoms with E-state index in [1.54, 1.807) is 18.0 Å². The number of H-pyrrole nitrogens is 1. The number of thioether (sulfide) groups is 1. The van der Waals surface area contributed by atoms with Crippen LogP contribution in [0.25, 0.3) is 0 Å². The smallest absolute Gasteiger partial charge is 0.138 e. The third kappa shape index (κ3) is 2.60. The van der Waals surface area contributed by atoms with Gasteiger partial charge in [0, 0.05) is 5.75 Å². The van der Waals surface area contributed by atoms with Gasteiger partial charge in [-0.05, 0) is 12.0 Å². The van der Waals surface area contributed by atoms with Crippen molar-refractivity contribution in [1.82, 2.24) is 15.4 Å². The molecule has 0 fully saturated rings. The fraction of sp³-hybridized carbons (Fsp3) is 0.200. The molecule has 0 amide bonds. The van der Waals surface area contributed by atoms with Crippen LogP contribution in [0.4, 0.5) is 0 Å². The van der Waals surface area contributed by atoms with E-state index in [4.69, 9.17) is 0 Å². The van der Waals surface area contributed by atoms with Gasteiger partial charge in [-0.25, -0.2) is 0 Å². The standard InChI is InChI=1S/C10H11N3S/c1-2-4-9(5-3-1)6-7-14-10-8-11-13-12-10/h1-5,8H,6-7H2,(H,11,12,13). The lowest BCUT2D eigenvalue weighted by Gasteiger charge is -1.98. The van der Waals surface area contributed by atoms with Gasteiger partial charge in [-0.15, -0.1) is 16.9 Å². The minimum Gasteiger partial charge on any atom is -0.197 e. The molecule has 4 heteroatoms. The summed E-state index contributed by atoms with van der Waals surface area (Å²) in [7, 11) is 0. The van der Waals surface area contributed by atoms with Crippen molar-refractivity contribution in [3.05, 3.63) is 42.1 Å². The third-order valence-electron chi connectivity index (χ3n) is 1.88. The van der Waals surface area contributed by atoms with Gasteiger partial charge in [-0.3, -0.25) is 0 Å². The molecule has 2 aromatic rings. The minimum atomic E-state index is 0.959. The van der Waals surface area contributed by atoms with Crippen molar-refractivity contribution >= 4 is 11.8 Å². The zero-order valence-corrected chi connectivity index (χ0v) is 8.50. The summed E-state index contributed by atoms with van der Waals surface area (Å²) in [5, 5.41) is 11.3. The highest BCUT2D eigenvalue weighted by Crippen LogP contribution is 2.14. The highest BCUT2D eigenvalue weighted by Gasteiger charge is 1.96. The Kier molecular flexibility index (Phi) is 3.19. The van der Waals surface area contributed by atoms with Crippen molar-refractivity contribution in [2.75, 3.05) is 5.75 Å². The predicted molar refractivity (Wildman–Crippen MR) is 57.3 cm³/mol. The van der Waals surface area contributed by atoms with Crippen LogP contribution in [0.3, 0.4) is 0 Å². The Morgan fingerprint density at radius 2 is 2.07 bits per heavy atom. The first kappa shape index (κ1) is 9.27. The third-order valence-corrected chi connectivity index (χ3v) is 2.78. The fourth-order valence-electron chi connectivity index (χ4n) is 1.18. The zero-order valence-electron chi connectivity index (χ0n) is 7.68. The van der Waals surface area contributed by atoms with Crippen LogP contribution in [-0.4, -0.2) is 21.2 Å². The second-order valence-corrected chi connectivity index (χ2v) is 4.01. The Morgan fingerprint density at radius 1 is 1.21 bits per heavy atom. The van der Waals surface area contributed by atoms with E-state index in [2.05, 4.69) is 39.7 Å².